The third-order valence-electron chi connectivity index (χ3n) is 4.67. The van der Waals surface area contributed by atoms with Gasteiger partial charge in [0.2, 0.25) is 0 Å². The molecule has 1 heterocycles. The quantitative estimate of drug-likeness (QED) is 0.582. The first kappa shape index (κ1) is 14.8. The van der Waals surface area contributed by atoms with Crippen molar-refractivity contribution >= 4 is 11.5 Å². The van der Waals surface area contributed by atoms with Crippen LogP contribution in [0.5, 0.6) is 0 Å². The van der Waals surface area contributed by atoms with Crippen molar-refractivity contribution in [2.75, 3.05) is 0 Å². The van der Waals surface area contributed by atoms with Gasteiger partial charge in [0.1, 0.15) is 0 Å². The Morgan fingerprint density at radius 1 is 0.792 bits per heavy atom. The van der Waals surface area contributed by atoms with Crippen molar-refractivity contribution in [1.29, 1.82) is 0 Å². The number of nitrogens with zero attached hydrogens (tertiary/aromatic N) is 2. The zero-order chi connectivity index (χ0) is 16.2. The van der Waals surface area contributed by atoms with Crippen LogP contribution in [0.25, 0.3) is 0 Å². The zero-order valence-electron chi connectivity index (χ0n) is 13.6. The topological polar surface area (TPSA) is 25.2 Å². The van der Waals surface area contributed by atoms with Crippen LogP contribution in [0.3, 0.4) is 0 Å². The lowest BCUT2D eigenvalue weighted by atomic mass is 9.81. The maximum Gasteiger partial charge on any atom is 0.152 e. The van der Waals surface area contributed by atoms with E-state index in [0.717, 1.165) is 22.7 Å². The minimum atomic E-state index is 0.707. The highest BCUT2D eigenvalue weighted by Crippen LogP contribution is 2.36. The Kier molecular flexibility index (Phi) is 4.20. The van der Waals surface area contributed by atoms with E-state index in [0.29, 0.717) is 5.92 Å². The van der Waals surface area contributed by atoms with Crippen LogP contribution in [0.4, 0.5) is 5.82 Å². The lowest BCUT2D eigenvalue weighted by molar-refractivity contribution is 0.419. The fourth-order valence-electron chi connectivity index (χ4n) is 3.05. The number of rotatable bonds is 4. The monoisotopic (exact) mass is 312 g/mol. The second kappa shape index (κ2) is 6.79. The van der Waals surface area contributed by atoms with E-state index in [1.807, 2.05) is 48.7 Å². The molecule has 0 bridgehead atoms. The fraction of sp³-hybridized carbons (Fsp3) is 0.182. The number of aromatic nitrogens is 1. The molecule has 2 nitrogen and oxygen atoms in total. The molecular weight excluding hydrogens is 292 g/mol. The molecule has 2 heteroatoms. The molecule has 0 aliphatic heterocycles. The van der Waals surface area contributed by atoms with Gasteiger partial charge in [-0.2, -0.15) is 0 Å². The third-order valence-corrected chi connectivity index (χ3v) is 4.67. The summed E-state index contributed by atoms with van der Waals surface area (Å²) in [5, 5.41) is 0. The van der Waals surface area contributed by atoms with Crippen molar-refractivity contribution in [2.24, 2.45) is 4.99 Å². The van der Waals surface area contributed by atoms with Gasteiger partial charge in [0.25, 0.3) is 0 Å². The molecule has 1 aliphatic rings. The molecule has 1 saturated carbocycles. The summed E-state index contributed by atoms with van der Waals surface area (Å²) < 4.78 is 0. The molecule has 2 aromatic carbocycles. The Morgan fingerprint density at radius 3 is 1.88 bits per heavy atom. The maximum absolute atomic E-state index is 4.85. The first-order valence-electron chi connectivity index (χ1n) is 8.55. The van der Waals surface area contributed by atoms with E-state index in [1.54, 1.807) is 0 Å². The summed E-state index contributed by atoms with van der Waals surface area (Å²) in [6, 6.07) is 24.8. The van der Waals surface area contributed by atoms with Crippen LogP contribution >= 0.6 is 0 Å². The predicted molar refractivity (Wildman–Crippen MR) is 99.0 cm³/mol. The second-order valence-corrected chi connectivity index (χ2v) is 6.27. The summed E-state index contributed by atoms with van der Waals surface area (Å²) in [5.74, 6) is 1.47. The standard InChI is InChI=1S/C22H20N2/c1-3-8-18(9-4-1)22(19-10-5-2-6-11-19)24-21-15-14-20(16-23-21)17-12-7-13-17/h1-6,8-11,14-17H,7,12-13H2. The Bertz CT molecular complexity index is 775. The Balaban J connectivity index is 1.71. The van der Waals surface area contributed by atoms with E-state index in [-0.39, 0.29) is 0 Å². The van der Waals surface area contributed by atoms with Crippen molar-refractivity contribution in [3.63, 3.8) is 0 Å². The minimum Gasteiger partial charge on any atom is -0.237 e. The van der Waals surface area contributed by atoms with Crippen LogP contribution in [0.15, 0.2) is 84.0 Å². The lowest BCUT2D eigenvalue weighted by Crippen LogP contribution is -2.08. The number of pyridine rings is 1. The average molecular weight is 312 g/mol. The fourth-order valence-corrected chi connectivity index (χ4v) is 3.05. The van der Waals surface area contributed by atoms with Crippen LogP contribution in [0.2, 0.25) is 0 Å². The van der Waals surface area contributed by atoms with Gasteiger partial charge in [0, 0.05) is 17.3 Å². The van der Waals surface area contributed by atoms with Crippen LogP contribution in [-0.4, -0.2) is 10.7 Å². The van der Waals surface area contributed by atoms with Gasteiger partial charge < -0.3 is 0 Å². The number of hydrogen-bond acceptors (Lipinski definition) is 2. The van der Waals surface area contributed by atoms with E-state index in [2.05, 4.69) is 35.3 Å². The van der Waals surface area contributed by atoms with Crippen LogP contribution in [-0.2, 0) is 0 Å². The van der Waals surface area contributed by atoms with E-state index in [4.69, 9.17) is 4.99 Å². The second-order valence-electron chi connectivity index (χ2n) is 6.27. The number of aliphatic imine (C=N–C) groups is 1. The van der Waals surface area contributed by atoms with E-state index < -0.39 is 0 Å². The smallest absolute Gasteiger partial charge is 0.152 e. The van der Waals surface area contributed by atoms with Gasteiger partial charge in [-0.25, -0.2) is 9.98 Å². The van der Waals surface area contributed by atoms with E-state index in [9.17, 15) is 0 Å². The summed E-state index contributed by atoms with van der Waals surface area (Å²) in [4.78, 5) is 9.43. The highest BCUT2D eigenvalue weighted by molar-refractivity contribution is 6.13. The van der Waals surface area contributed by atoms with Crippen molar-refractivity contribution in [2.45, 2.75) is 25.2 Å². The van der Waals surface area contributed by atoms with E-state index >= 15 is 0 Å². The molecule has 0 saturated heterocycles. The Hall–Kier alpha value is -2.74. The Labute approximate surface area is 142 Å². The normalized spacial score (nSPS) is 14.0. The molecule has 0 atom stereocenters. The van der Waals surface area contributed by atoms with Crippen LogP contribution in [0.1, 0.15) is 41.9 Å². The summed E-state index contributed by atoms with van der Waals surface area (Å²) in [7, 11) is 0. The van der Waals surface area contributed by atoms with Crippen molar-refractivity contribution in [3.05, 3.63) is 95.7 Å². The molecule has 4 rings (SSSR count). The van der Waals surface area contributed by atoms with Gasteiger partial charge in [0.05, 0.1) is 5.71 Å². The molecule has 1 fully saturated rings. The molecule has 1 aliphatic carbocycles. The highest BCUT2D eigenvalue weighted by atomic mass is 14.9. The molecule has 0 amide bonds. The Morgan fingerprint density at radius 2 is 1.42 bits per heavy atom. The molecule has 24 heavy (non-hydrogen) atoms. The molecule has 118 valence electrons. The maximum atomic E-state index is 4.85. The lowest BCUT2D eigenvalue weighted by Gasteiger charge is -2.25. The largest absolute Gasteiger partial charge is 0.237 e. The van der Waals surface area contributed by atoms with Crippen molar-refractivity contribution in [3.8, 4) is 0 Å². The molecular formula is C22H20N2. The molecule has 3 aromatic rings. The predicted octanol–water partition coefficient (Wildman–Crippen LogP) is 5.52. The number of benzene rings is 2. The summed E-state index contributed by atoms with van der Waals surface area (Å²) in [6.07, 6.45) is 5.93. The van der Waals surface area contributed by atoms with E-state index in [1.165, 1.54) is 24.8 Å². The van der Waals surface area contributed by atoms with Gasteiger partial charge in [-0.1, -0.05) is 73.2 Å². The molecule has 0 spiro atoms. The van der Waals surface area contributed by atoms with Gasteiger partial charge in [-0.3, -0.25) is 0 Å². The molecule has 1 aromatic heterocycles. The molecule has 0 unspecified atom stereocenters. The van der Waals surface area contributed by atoms with Crippen molar-refractivity contribution < 1.29 is 0 Å². The number of hydrogen-bond donors (Lipinski definition) is 0. The molecule has 0 radical (unpaired) electrons. The van der Waals surface area contributed by atoms with Gasteiger partial charge >= 0.3 is 0 Å². The zero-order valence-corrected chi connectivity index (χ0v) is 13.6. The van der Waals surface area contributed by atoms with Crippen molar-refractivity contribution in [1.82, 2.24) is 4.98 Å². The first-order valence-corrected chi connectivity index (χ1v) is 8.55. The van der Waals surface area contributed by atoms with Gasteiger partial charge in [-0.15, -0.1) is 0 Å². The molecule has 0 N–H and O–H groups in total. The first-order chi connectivity index (χ1) is 11.9. The summed E-state index contributed by atoms with van der Waals surface area (Å²) >= 11 is 0. The SMILES string of the molecule is c1ccc(C(=Nc2ccc(C3CCC3)cn2)c2ccccc2)cc1. The minimum absolute atomic E-state index is 0.707. The summed E-state index contributed by atoms with van der Waals surface area (Å²) in [5.41, 5.74) is 4.52. The van der Waals surface area contributed by atoms with Crippen LogP contribution < -0.4 is 0 Å². The summed E-state index contributed by atoms with van der Waals surface area (Å²) in [6.45, 7) is 0. The van der Waals surface area contributed by atoms with Crippen LogP contribution in [0, 0.1) is 0 Å². The third kappa shape index (κ3) is 3.13. The van der Waals surface area contributed by atoms with Gasteiger partial charge in [-0.05, 0) is 30.4 Å². The highest BCUT2D eigenvalue weighted by Gasteiger charge is 2.19. The average Bonchev–Trinajstić information content (AvgIpc) is 2.61. The van der Waals surface area contributed by atoms with Gasteiger partial charge in [0.15, 0.2) is 5.82 Å².